The molecule has 0 bridgehead atoms. The Morgan fingerprint density at radius 2 is 1.88 bits per heavy atom. The summed E-state index contributed by atoms with van der Waals surface area (Å²) < 4.78 is 0. The summed E-state index contributed by atoms with van der Waals surface area (Å²) in [6.45, 7) is 5.03. The van der Waals surface area contributed by atoms with Crippen molar-refractivity contribution in [3.05, 3.63) is 51.5 Å². The van der Waals surface area contributed by atoms with Gasteiger partial charge in [0.25, 0.3) is 5.91 Å². The van der Waals surface area contributed by atoms with Crippen LogP contribution < -0.4 is 0 Å². The Kier molecular flexibility index (Phi) is 4.36. The second-order valence-electron chi connectivity index (χ2n) is 6.88. The van der Waals surface area contributed by atoms with Crippen molar-refractivity contribution < 1.29 is 9.59 Å². The van der Waals surface area contributed by atoms with Gasteiger partial charge in [-0.3, -0.25) is 9.59 Å². The number of aromatic nitrogens is 2. The van der Waals surface area contributed by atoms with Gasteiger partial charge in [0.05, 0.1) is 20.8 Å². The minimum Gasteiger partial charge on any atom is -0.342 e. The van der Waals surface area contributed by atoms with Crippen molar-refractivity contribution in [3.8, 4) is 0 Å². The molecule has 1 aliphatic rings. The van der Waals surface area contributed by atoms with Crippen LogP contribution in [-0.4, -0.2) is 39.6 Å². The zero-order valence-corrected chi connectivity index (χ0v) is 15.7. The number of nitrogens with one attached hydrogen (secondary N) is 1. The van der Waals surface area contributed by atoms with Gasteiger partial charge in [0.15, 0.2) is 5.78 Å². The lowest BCUT2D eigenvalue weighted by Gasteiger charge is -2.30. The molecule has 26 heavy (non-hydrogen) atoms. The van der Waals surface area contributed by atoms with Gasteiger partial charge in [0.2, 0.25) is 0 Å². The first-order chi connectivity index (χ1) is 12.5. The van der Waals surface area contributed by atoms with Crippen LogP contribution in [0.2, 0.25) is 0 Å². The Morgan fingerprint density at radius 3 is 2.54 bits per heavy atom. The SMILES string of the molecule is CC(=O)c1ccc(C(=O)N2CCC(c3nc4c(C)cccc4[nH]3)CC2)s1. The molecule has 4 rings (SSSR count). The quantitative estimate of drug-likeness (QED) is 0.707. The molecule has 1 saturated heterocycles. The number of hydrogen-bond acceptors (Lipinski definition) is 4. The molecule has 0 saturated carbocycles. The van der Waals surface area contributed by atoms with Crippen LogP contribution in [0.4, 0.5) is 0 Å². The number of fused-ring (bicyclic) bond motifs is 1. The highest BCUT2D eigenvalue weighted by Crippen LogP contribution is 2.30. The maximum Gasteiger partial charge on any atom is 0.263 e. The van der Waals surface area contributed by atoms with E-state index in [1.807, 2.05) is 11.0 Å². The first kappa shape index (κ1) is 17.0. The molecular formula is C20H21N3O2S. The first-order valence-electron chi connectivity index (χ1n) is 8.88. The van der Waals surface area contributed by atoms with Crippen LogP contribution in [0.3, 0.4) is 0 Å². The van der Waals surface area contributed by atoms with E-state index in [1.165, 1.54) is 23.8 Å². The van der Waals surface area contributed by atoms with Crippen LogP contribution in [0.5, 0.6) is 0 Å². The number of likely N-dealkylation sites (tertiary alicyclic amines) is 1. The zero-order valence-electron chi connectivity index (χ0n) is 14.9. The fourth-order valence-electron chi connectivity index (χ4n) is 3.54. The van der Waals surface area contributed by atoms with Crippen molar-refractivity contribution in [2.24, 2.45) is 0 Å². The summed E-state index contributed by atoms with van der Waals surface area (Å²) in [5.41, 5.74) is 3.29. The number of piperidine rings is 1. The number of benzene rings is 1. The molecule has 0 aliphatic carbocycles. The molecule has 6 heteroatoms. The minimum atomic E-state index is 0.00735. The third-order valence-corrected chi connectivity index (χ3v) is 6.24. The van der Waals surface area contributed by atoms with E-state index in [-0.39, 0.29) is 11.7 Å². The Balaban J connectivity index is 1.45. The van der Waals surface area contributed by atoms with E-state index >= 15 is 0 Å². The molecule has 5 nitrogen and oxygen atoms in total. The smallest absolute Gasteiger partial charge is 0.263 e. The molecule has 1 fully saturated rings. The second-order valence-corrected chi connectivity index (χ2v) is 7.96. The summed E-state index contributed by atoms with van der Waals surface area (Å²) in [5.74, 6) is 1.41. The van der Waals surface area contributed by atoms with Gasteiger partial charge < -0.3 is 9.88 Å². The summed E-state index contributed by atoms with van der Waals surface area (Å²) in [4.78, 5) is 35.5. The predicted molar refractivity (Wildman–Crippen MR) is 103 cm³/mol. The maximum atomic E-state index is 12.7. The number of carbonyl (C=O) groups is 2. The molecule has 0 radical (unpaired) electrons. The molecule has 1 aliphatic heterocycles. The van der Waals surface area contributed by atoms with E-state index in [9.17, 15) is 9.59 Å². The topological polar surface area (TPSA) is 66.1 Å². The number of rotatable bonds is 3. The van der Waals surface area contributed by atoms with Crippen molar-refractivity contribution in [2.75, 3.05) is 13.1 Å². The fourth-order valence-corrected chi connectivity index (χ4v) is 4.41. The number of carbonyl (C=O) groups excluding carboxylic acids is 2. The highest BCUT2D eigenvalue weighted by atomic mass is 32.1. The maximum absolute atomic E-state index is 12.7. The molecular weight excluding hydrogens is 346 g/mol. The van der Waals surface area contributed by atoms with Gasteiger partial charge in [-0.25, -0.2) is 4.98 Å². The van der Waals surface area contributed by atoms with Crippen molar-refractivity contribution in [3.63, 3.8) is 0 Å². The number of hydrogen-bond donors (Lipinski definition) is 1. The minimum absolute atomic E-state index is 0.00735. The lowest BCUT2D eigenvalue weighted by Crippen LogP contribution is -2.37. The van der Waals surface area contributed by atoms with E-state index in [4.69, 9.17) is 4.98 Å². The van der Waals surface area contributed by atoms with E-state index < -0.39 is 0 Å². The van der Waals surface area contributed by atoms with Gasteiger partial charge in [-0.1, -0.05) is 12.1 Å². The Labute approximate surface area is 156 Å². The highest BCUT2D eigenvalue weighted by Gasteiger charge is 2.27. The number of thiophene rings is 1. The number of H-pyrrole nitrogens is 1. The third-order valence-electron chi connectivity index (χ3n) is 5.07. The molecule has 134 valence electrons. The van der Waals surface area contributed by atoms with Crippen LogP contribution in [0.25, 0.3) is 11.0 Å². The number of imidazole rings is 1. The largest absolute Gasteiger partial charge is 0.342 e. The number of para-hydroxylation sites is 1. The molecule has 0 spiro atoms. The van der Waals surface area contributed by atoms with Crippen molar-refractivity contribution in [1.29, 1.82) is 0 Å². The molecule has 0 unspecified atom stereocenters. The van der Waals surface area contributed by atoms with Crippen LogP contribution >= 0.6 is 11.3 Å². The van der Waals surface area contributed by atoms with Crippen LogP contribution in [-0.2, 0) is 0 Å². The second kappa shape index (κ2) is 6.68. The average molecular weight is 367 g/mol. The number of amides is 1. The summed E-state index contributed by atoms with van der Waals surface area (Å²) in [5, 5.41) is 0. The molecule has 0 atom stereocenters. The van der Waals surface area contributed by atoms with Gasteiger partial charge >= 0.3 is 0 Å². The van der Waals surface area contributed by atoms with Crippen LogP contribution in [0.1, 0.15) is 56.4 Å². The van der Waals surface area contributed by atoms with E-state index in [1.54, 1.807) is 12.1 Å². The Hall–Kier alpha value is -2.47. The number of aryl methyl sites for hydroxylation is 1. The van der Waals surface area contributed by atoms with E-state index in [0.29, 0.717) is 28.8 Å². The zero-order chi connectivity index (χ0) is 18.3. The average Bonchev–Trinajstić information content (AvgIpc) is 3.29. The first-order valence-corrected chi connectivity index (χ1v) is 9.70. The molecule has 1 aromatic carbocycles. The summed E-state index contributed by atoms with van der Waals surface area (Å²) in [7, 11) is 0. The van der Waals surface area contributed by atoms with Gasteiger partial charge in [-0.15, -0.1) is 11.3 Å². The number of nitrogens with zero attached hydrogens (tertiary/aromatic N) is 2. The van der Waals surface area contributed by atoms with Crippen LogP contribution in [0, 0.1) is 6.92 Å². The number of aromatic amines is 1. The Bertz CT molecular complexity index is 980. The van der Waals surface area contributed by atoms with Gasteiger partial charge in [-0.05, 0) is 50.5 Å². The molecule has 1 N–H and O–H groups in total. The van der Waals surface area contributed by atoms with Crippen molar-refractivity contribution in [2.45, 2.75) is 32.6 Å². The van der Waals surface area contributed by atoms with Crippen molar-refractivity contribution >= 4 is 34.1 Å². The number of ketones is 1. The molecule has 3 heterocycles. The van der Waals surface area contributed by atoms with Gasteiger partial charge in [0.1, 0.15) is 5.82 Å². The third kappa shape index (κ3) is 3.05. The fraction of sp³-hybridized carbons (Fsp3) is 0.350. The summed E-state index contributed by atoms with van der Waals surface area (Å²) in [6, 6.07) is 9.67. The normalized spacial score (nSPS) is 15.5. The predicted octanol–water partition coefficient (Wildman–Crippen LogP) is 4.16. The summed E-state index contributed by atoms with van der Waals surface area (Å²) in [6.07, 6.45) is 1.80. The molecule has 2 aromatic heterocycles. The van der Waals surface area contributed by atoms with Gasteiger partial charge in [0, 0.05) is 19.0 Å². The Morgan fingerprint density at radius 1 is 1.15 bits per heavy atom. The van der Waals surface area contributed by atoms with E-state index in [0.717, 1.165) is 29.7 Å². The van der Waals surface area contributed by atoms with Crippen molar-refractivity contribution in [1.82, 2.24) is 14.9 Å². The summed E-state index contributed by atoms with van der Waals surface area (Å²) >= 11 is 1.29. The number of Topliss-reactive ketones (excluding diaryl/α,β-unsaturated/α-hetero) is 1. The highest BCUT2D eigenvalue weighted by molar-refractivity contribution is 7.15. The lowest BCUT2D eigenvalue weighted by molar-refractivity contribution is 0.0716. The standard InChI is InChI=1S/C20H21N3O2S/c1-12-4-3-5-15-18(12)22-19(21-15)14-8-10-23(11-9-14)20(25)17-7-6-16(26-17)13(2)24/h3-7,14H,8-11H2,1-2H3,(H,21,22). The molecule has 1 amide bonds. The van der Waals surface area contributed by atoms with E-state index in [2.05, 4.69) is 24.0 Å². The van der Waals surface area contributed by atoms with Gasteiger partial charge in [-0.2, -0.15) is 0 Å². The monoisotopic (exact) mass is 367 g/mol. The molecule has 3 aromatic rings. The van der Waals surface area contributed by atoms with Crippen LogP contribution in [0.15, 0.2) is 30.3 Å². The lowest BCUT2D eigenvalue weighted by atomic mass is 9.96.